The van der Waals surface area contributed by atoms with E-state index in [0.717, 1.165) is 0 Å². The lowest BCUT2D eigenvalue weighted by molar-refractivity contribution is -0.208. The summed E-state index contributed by atoms with van der Waals surface area (Å²) in [6, 6.07) is 2.76. The van der Waals surface area contributed by atoms with Crippen molar-refractivity contribution in [3.05, 3.63) is 28.0 Å². The Morgan fingerprint density at radius 2 is 2.00 bits per heavy atom. The molecule has 0 aliphatic rings. The zero-order chi connectivity index (χ0) is 10.9. The molecule has 1 aromatic heterocycles. The third-order valence-electron chi connectivity index (χ3n) is 1.55. The number of aromatic nitrogens is 1. The summed E-state index contributed by atoms with van der Waals surface area (Å²) < 4.78 is 36.6. The second-order valence-electron chi connectivity index (χ2n) is 2.84. The lowest BCUT2D eigenvalue weighted by Crippen LogP contribution is -2.21. The molecule has 0 saturated carbocycles. The Kier molecular flexibility index (Phi) is 3.16. The molecule has 0 saturated heterocycles. The smallest absolute Gasteiger partial charge is 0.378 e. The third kappa shape index (κ3) is 2.68. The van der Waals surface area contributed by atoms with E-state index in [1.807, 2.05) is 0 Å². The van der Waals surface area contributed by atoms with E-state index in [-0.39, 0.29) is 4.60 Å². The molecule has 0 aliphatic heterocycles. The molecule has 1 rings (SSSR count). The summed E-state index contributed by atoms with van der Waals surface area (Å²) in [5.41, 5.74) is 0.203. The predicted molar refractivity (Wildman–Crippen MR) is 47.7 cm³/mol. The molecule has 0 aromatic carbocycles. The van der Waals surface area contributed by atoms with Gasteiger partial charge in [-0.15, -0.1) is 0 Å². The number of alkyl halides is 3. The molecule has 2 nitrogen and oxygen atoms in total. The van der Waals surface area contributed by atoms with E-state index in [0.29, 0.717) is 5.56 Å². The fourth-order valence-electron chi connectivity index (χ4n) is 0.958. The van der Waals surface area contributed by atoms with E-state index in [2.05, 4.69) is 20.9 Å². The quantitative estimate of drug-likeness (QED) is 0.796. The zero-order valence-electron chi connectivity index (χ0n) is 7.14. The summed E-state index contributed by atoms with van der Waals surface area (Å²) >= 11 is 2.96. The number of aliphatic hydroxyl groups excluding tert-OH is 1. The van der Waals surface area contributed by atoms with Gasteiger partial charge in [0.1, 0.15) is 4.60 Å². The predicted octanol–water partition coefficient (Wildman–Crippen LogP) is 2.75. The Morgan fingerprint density at radius 3 is 2.43 bits per heavy atom. The average molecular weight is 270 g/mol. The lowest BCUT2D eigenvalue weighted by Gasteiger charge is -2.14. The van der Waals surface area contributed by atoms with Crippen LogP contribution in [0.2, 0.25) is 0 Å². The molecular weight excluding hydrogens is 263 g/mol. The molecular formula is C8H7BrF3NO. The van der Waals surface area contributed by atoms with Gasteiger partial charge in [0.05, 0.1) is 5.69 Å². The summed E-state index contributed by atoms with van der Waals surface area (Å²) in [6.45, 7) is 1.62. The maximum Gasteiger partial charge on any atom is 0.420 e. The Balaban J connectivity index is 3.07. The number of rotatable bonds is 1. The lowest BCUT2D eigenvalue weighted by atomic mass is 10.2. The van der Waals surface area contributed by atoms with Crippen LogP contribution in [0.3, 0.4) is 0 Å². The van der Waals surface area contributed by atoms with Crippen LogP contribution in [0, 0.1) is 6.92 Å². The van der Waals surface area contributed by atoms with Crippen molar-refractivity contribution in [3.63, 3.8) is 0 Å². The molecule has 78 valence electrons. The topological polar surface area (TPSA) is 33.1 Å². The second-order valence-corrected chi connectivity index (χ2v) is 3.65. The van der Waals surface area contributed by atoms with Gasteiger partial charge >= 0.3 is 6.18 Å². The van der Waals surface area contributed by atoms with Gasteiger partial charge in [-0.1, -0.05) is 0 Å². The minimum Gasteiger partial charge on any atom is -0.378 e. The molecule has 14 heavy (non-hydrogen) atoms. The van der Waals surface area contributed by atoms with Gasteiger partial charge in [-0.25, -0.2) is 4.98 Å². The highest BCUT2D eigenvalue weighted by Crippen LogP contribution is 2.32. The van der Waals surface area contributed by atoms with Crippen LogP contribution >= 0.6 is 15.9 Å². The van der Waals surface area contributed by atoms with Crippen LogP contribution in [0.4, 0.5) is 13.2 Å². The largest absolute Gasteiger partial charge is 0.420 e. The van der Waals surface area contributed by atoms with E-state index in [1.54, 1.807) is 13.0 Å². The van der Waals surface area contributed by atoms with Crippen molar-refractivity contribution in [1.29, 1.82) is 0 Å². The monoisotopic (exact) mass is 269 g/mol. The van der Waals surface area contributed by atoms with Crippen LogP contribution in [-0.4, -0.2) is 16.3 Å². The number of pyridine rings is 1. The van der Waals surface area contributed by atoms with E-state index in [1.165, 1.54) is 6.07 Å². The maximum atomic E-state index is 12.1. The number of hydrogen-bond acceptors (Lipinski definition) is 2. The highest BCUT2D eigenvalue weighted by atomic mass is 79.9. The van der Waals surface area contributed by atoms with Gasteiger partial charge in [0, 0.05) is 0 Å². The zero-order valence-corrected chi connectivity index (χ0v) is 8.72. The van der Waals surface area contributed by atoms with Crippen molar-refractivity contribution < 1.29 is 18.3 Å². The van der Waals surface area contributed by atoms with E-state index in [4.69, 9.17) is 5.11 Å². The summed E-state index contributed by atoms with van der Waals surface area (Å²) in [4.78, 5) is 3.55. The van der Waals surface area contributed by atoms with Gasteiger partial charge < -0.3 is 5.11 Å². The molecule has 1 atom stereocenters. The van der Waals surface area contributed by atoms with Gasteiger partial charge in [-0.2, -0.15) is 13.2 Å². The van der Waals surface area contributed by atoms with Gasteiger partial charge in [0.2, 0.25) is 0 Å². The maximum absolute atomic E-state index is 12.1. The van der Waals surface area contributed by atoms with Crippen molar-refractivity contribution >= 4 is 15.9 Å². The summed E-state index contributed by atoms with van der Waals surface area (Å²) in [5.74, 6) is 0. The van der Waals surface area contributed by atoms with Gasteiger partial charge in [-0.05, 0) is 40.5 Å². The second kappa shape index (κ2) is 3.86. The summed E-state index contributed by atoms with van der Waals surface area (Å²) in [5, 5.41) is 8.90. The molecule has 1 heterocycles. The van der Waals surface area contributed by atoms with Crippen LogP contribution in [0.1, 0.15) is 17.4 Å². The van der Waals surface area contributed by atoms with Crippen molar-refractivity contribution in [1.82, 2.24) is 4.98 Å². The Hall–Kier alpha value is -0.620. The normalized spacial score (nSPS) is 14.1. The van der Waals surface area contributed by atoms with Gasteiger partial charge in [-0.3, -0.25) is 0 Å². The molecule has 0 radical (unpaired) electrons. The highest BCUT2D eigenvalue weighted by molar-refractivity contribution is 9.10. The summed E-state index contributed by atoms with van der Waals surface area (Å²) in [6.07, 6.45) is -7.21. The third-order valence-corrected chi connectivity index (χ3v) is 1.95. The Labute approximate surface area is 86.9 Å². The van der Waals surface area contributed by atoms with Crippen molar-refractivity contribution in [2.75, 3.05) is 0 Å². The molecule has 0 bridgehead atoms. The molecule has 0 aliphatic carbocycles. The average Bonchev–Trinajstić information content (AvgIpc) is 1.99. The van der Waals surface area contributed by atoms with Crippen LogP contribution in [0.15, 0.2) is 16.7 Å². The van der Waals surface area contributed by atoms with E-state index >= 15 is 0 Å². The Morgan fingerprint density at radius 1 is 1.43 bits per heavy atom. The fraction of sp³-hybridized carbons (Fsp3) is 0.375. The first kappa shape index (κ1) is 11.5. The van der Waals surface area contributed by atoms with Crippen molar-refractivity contribution in [3.8, 4) is 0 Å². The highest BCUT2D eigenvalue weighted by Gasteiger charge is 2.40. The van der Waals surface area contributed by atoms with Crippen molar-refractivity contribution in [2.24, 2.45) is 0 Å². The molecule has 0 fully saturated rings. The SMILES string of the molecule is Cc1cc(Br)nc(C(O)C(F)(F)F)c1. The number of aryl methyl sites for hydroxylation is 1. The number of hydrogen-bond donors (Lipinski definition) is 1. The molecule has 1 N–H and O–H groups in total. The standard InChI is InChI=1S/C8H7BrF3NO/c1-4-2-5(13-6(9)3-4)7(14)8(10,11)12/h2-3,7,14H,1H3. The molecule has 6 heteroatoms. The van der Waals surface area contributed by atoms with E-state index < -0.39 is 18.0 Å². The summed E-state index contributed by atoms with van der Waals surface area (Å²) in [7, 11) is 0. The van der Waals surface area contributed by atoms with Gasteiger partial charge in [0.25, 0.3) is 0 Å². The first-order chi connectivity index (χ1) is 6.30. The molecule has 0 spiro atoms. The first-order valence-electron chi connectivity index (χ1n) is 3.69. The molecule has 1 unspecified atom stereocenters. The number of nitrogens with zero attached hydrogens (tertiary/aromatic N) is 1. The molecule has 0 amide bonds. The number of halogens is 4. The Bertz CT molecular complexity index is 320. The van der Waals surface area contributed by atoms with Crippen molar-refractivity contribution in [2.45, 2.75) is 19.2 Å². The van der Waals surface area contributed by atoms with Crippen LogP contribution < -0.4 is 0 Å². The number of aliphatic hydroxyl groups is 1. The van der Waals surface area contributed by atoms with Gasteiger partial charge in [0.15, 0.2) is 6.10 Å². The fourth-order valence-corrected chi connectivity index (χ4v) is 1.52. The minimum absolute atomic E-state index is 0.274. The van der Waals surface area contributed by atoms with Crippen LogP contribution in [0.25, 0.3) is 0 Å². The van der Waals surface area contributed by atoms with Crippen LogP contribution in [-0.2, 0) is 0 Å². The van der Waals surface area contributed by atoms with Crippen LogP contribution in [0.5, 0.6) is 0 Å². The minimum atomic E-state index is -4.68. The van der Waals surface area contributed by atoms with E-state index in [9.17, 15) is 13.2 Å². The molecule has 1 aromatic rings. The first-order valence-corrected chi connectivity index (χ1v) is 4.49.